The van der Waals surface area contributed by atoms with Crippen molar-refractivity contribution in [3.05, 3.63) is 10.6 Å². The summed E-state index contributed by atoms with van der Waals surface area (Å²) in [4.78, 5) is 10.8. The number of hydrogen-bond acceptors (Lipinski definition) is 3. The van der Waals surface area contributed by atoms with Crippen LogP contribution in [0, 0.1) is 0 Å². The third-order valence-electron chi connectivity index (χ3n) is 2.22. The highest BCUT2D eigenvalue weighted by molar-refractivity contribution is 9.10. The summed E-state index contributed by atoms with van der Waals surface area (Å²) in [7, 11) is 0. The highest BCUT2D eigenvalue weighted by atomic mass is 79.9. The SMILES string of the molecule is O=C(O)C1CCCn2c(Br)nnc21. The number of fused-ring (bicyclic) bond motifs is 1. The maximum absolute atomic E-state index is 10.8. The molecule has 0 amide bonds. The van der Waals surface area contributed by atoms with Crippen LogP contribution in [0.25, 0.3) is 0 Å². The Hall–Kier alpha value is -0.910. The van der Waals surface area contributed by atoms with Crippen molar-refractivity contribution in [2.75, 3.05) is 0 Å². The second kappa shape index (κ2) is 3.10. The lowest BCUT2D eigenvalue weighted by Gasteiger charge is -2.19. The molecule has 0 fully saturated rings. The Balaban J connectivity index is 2.43. The molecule has 2 heterocycles. The molecule has 0 aliphatic carbocycles. The van der Waals surface area contributed by atoms with E-state index < -0.39 is 11.9 Å². The summed E-state index contributed by atoms with van der Waals surface area (Å²) in [5.74, 6) is -0.751. The standard InChI is InChI=1S/C7H8BrN3O2/c8-7-10-9-5-4(6(12)13)2-1-3-11(5)7/h4H,1-3H2,(H,12,13). The van der Waals surface area contributed by atoms with Gasteiger partial charge in [0.25, 0.3) is 0 Å². The van der Waals surface area contributed by atoms with Gasteiger partial charge in [-0.1, -0.05) is 0 Å². The second-order valence-electron chi connectivity index (χ2n) is 3.01. The molecule has 13 heavy (non-hydrogen) atoms. The lowest BCUT2D eigenvalue weighted by atomic mass is 9.99. The molecule has 0 saturated heterocycles. The molecule has 5 nitrogen and oxygen atoms in total. The summed E-state index contributed by atoms with van der Waals surface area (Å²) in [5.41, 5.74) is 0. The van der Waals surface area contributed by atoms with Crippen molar-refractivity contribution in [3.8, 4) is 0 Å². The lowest BCUT2D eigenvalue weighted by Crippen LogP contribution is -2.22. The fraction of sp³-hybridized carbons (Fsp3) is 0.571. The van der Waals surface area contributed by atoms with Gasteiger partial charge < -0.3 is 9.67 Å². The number of carbonyl (C=O) groups is 1. The van der Waals surface area contributed by atoms with Crippen LogP contribution in [0.1, 0.15) is 24.6 Å². The van der Waals surface area contributed by atoms with Crippen LogP contribution in [-0.2, 0) is 11.3 Å². The molecule has 1 atom stereocenters. The summed E-state index contributed by atoms with van der Waals surface area (Å²) in [6, 6.07) is 0. The Labute approximate surface area is 82.9 Å². The zero-order chi connectivity index (χ0) is 9.42. The molecule has 1 aliphatic rings. The van der Waals surface area contributed by atoms with Crippen LogP contribution in [0.4, 0.5) is 0 Å². The average molecular weight is 246 g/mol. The Morgan fingerprint density at radius 2 is 2.38 bits per heavy atom. The Morgan fingerprint density at radius 3 is 3.08 bits per heavy atom. The molecular formula is C7H8BrN3O2. The number of carboxylic acid groups (broad SMARTS) is 1. The van der Waals surface area contributed by atoms with E-state index in [9.17, 15) is 4.79 Å². The molecule has 70 valence electrons. The van der Waals surface area contributed by atoms with Gasteiger partial charge in [-0.3, -0.25) is 4.79 Å². The third kappa shape index (κ3) is 1.35. The van der Waals surface area contributed by atoms with E-state index in [1.54, 1.807) is 0 Å². The van der Waals surface area contributed by atoms with Gasteiger partial charge in [0.05, 0.1) is 0 Å². The minimum atomic E-state index is -0.819. The van der Waals surface area contributed by atoms with Crippen molar-refractivity contribution in [3.63, 3.8) is 0 Å². The van der Waals surface area contributed by atoms with E-state index in [2.05, 4.69) is 26.1 Å². The molecule has 1 aromatic heterocycles. The van der Waals surface area contributed by atoms with E-state index >= 15 is 0 Å². The van der Waals surface area contributed by atoms with Crippen molar-refractivity contribution >= 4 is 21.9 Å². The number of rotatable bonds is 1. The van der Waals surface area contributed by atoms with Gasteiger partial charge >= 0.3 is 5.97 Å². The van der Waals surface area contributed by atoms with Gasteiger partial charge in [0.2, 0.25) is 0 Å². The summed E-state index contributed by atoms with van der Waals surface area (Å²) < 4.78 is 2.43. The first-order chi connectivity index (χ1) is 6.20. The van der Waals surface area contributed by atoms with E-state index in [1.807, 2.05) is 4.57 Å². The van der Waals surface area contributed by atoms with Crippen molar-refractivity contribution < 1.29 is 9.90 Å². The van der Waals surface area contributed by atoms with Crippen LogP contribution in [0.2, 0.25) is 0 Å². The molecule has 0 saturated carbocycles. The van der Waals surface area contributed by atoms with Crippen LogP contribution in [0.5, 0.6) is 0 Å². The molecule has 1 unspecified atom stereocenters. The van der Waals surface area contributed by atoms with Gasteiger partial charge in [-0.05, 0) is 28.8 Å². The van der Waals surface area contributed by atoms with Crippen molar-refractivity contribution in [2.24, 2.45) is 0 Å². The van der Waals surface area contributed by atoms with E-state index in [0.29, 0.717) is 17.0 Å². The Morgan fingerprint density at radius 1 is 1.62 bits per heavy atom. The van der Waals surface area contributed by atoms with Crippen LogP contribution in [0.15, 0.2) is 4.73 Å². The maximum atomic E-state index is 10.8. The van der Waals surface area contributed by atoms with E-state index in [-0.39, 0.29) is 0 Å². The number of halogens is 1. The molecule has 2 rings (SSSR count). The predicted molar refractivity (Wildman–Crippen MR) is 47.3 cm³/mol. The zero-order valence-corrected chi connectivity index (χ0v) is 8.36. The van der Waals surface area contributed by atoms with Crippen LogP contribution in [0.3, 0.4) is 0 Å². The second-order valence-corrected chi connectivity index (χ2v) is 3.72. The van der Waals surface area contributed by atoms with Gasteiger partial charge in [0, 0.05) is 6.54 Å². The van der Waals surface area contributed by atoms with Crippen LogP contribution in [-0.4, -0.2) is 25.8 Å². The van der Waals surface area contributed by atoms with E-state index in [0.717, 1.165) is 13.0 Å². The van der Waals surface area contributed by atoms with E-state index in [4.69, 9.17) is 5.11 Å². The van der Waals surface area contributed by atoms with Gasteiger partial charge in [0.15, 0.2) is 4.73 Å². The minimum absolute atomic E-state index is 0.493. The van der Waals surface area contributed by atoms with Gasteiger partial charge in [-0.2, -0.15) is 0 Å². The van der Waals surface area contributed by atoms with Crippen molar-refractivity contribution in [2.45, 2.75) is 25.3 Å². The molecule has 0 aromatic carbocycles. The maximum Gasteiger partial charge on any atom is 0.314 e. The molecule has 6 heteroatoms. The normalized spacial score (nSPS) is 21.2. The topological polar surface area (TPSA) is 68.0 Å². The largest absolute Gasteiger partial charge is 0.481 e. The average Bonchev–Trinajstić information content (AvgIpc) is 2.48. The molecule has 1 N–H and O–H groups in total. The number of aliphatic carboxylic acids is 1. The highest BCUT2D eigenvalue weighted by Gasteiger charge is 2.29. The number of carboxylic acids is 1. The summed E-state index contributed by atoms with van der Waals surface area (Å²) in [5, 5.41) is 16.5. The van der Waals surface area contributed by atoms with Crippen molar-refractivity contribution in [1.29, 1.82) is 0 Å². The van der Waals surface area contributed by atoms with Gasteiger partial charge in [-0.15, -0.1) is 10.2 Å². The first kappa shape index (κ1) is 8.68. The minimum Gasteiger partial charge on any atom is -0.481 e. The molecular weight excluding hydrogens is 238 g/mol. The summed E-state index contributed by atoms with van der Waals surface area (Å²) in [6.45, 7) is 0.798. The molecule has 1 aromatic rings. The fourth-order valence-corrected chi connectivity index (χ4v) is 2.01. The third-order valence-corrected chi connectivity index (χ3v) is 2.81. The molecule has 0 radical (unpaired) electrons. The predicted octanol–water partition coefficient (Wildman–Crippen LogP) is 1.00. The first-order valence-electron chi connectivity index (χ1n) is 4.01. The zero-order valence-electron chi connectivity index (χ0n) is 6.77. The highest BCUT2D eigenvalue weighted by Crippen LogP contribution is 2.27. The quantitative estimate of drug-likeness (QED) is 0.802. The lowest BCUT2D eigenvalue weighted by molar-refractivity contribution is -0.139. The van der Waals surface area contributed by atoms with Crippen LogP contribution < -0.4 is 0 Å². The molecule has 0 bridgehead atoms. The molecule has 0 spiro atoms. The smallest absolute Gasteiger partial charge is 0.314 e. The monoisotopic (exact) mass is 245 g/mol. The van der Waals surface area contributed by atoms with Crippen molar-refractivity contribution in [1.82, 2.24) is 14.8 Å². The fourth-order valence-electron chi connectivity index (χ4n) is 1.58. The first-order valence-corrected chi connectivity index (χ1v) is 4.81. The summed E-state index contributed by atoms with van der Waals surface area (Å²) >= 11 is 3.23. The van der Waals surface area contributed by atoms with Gasteiger partial charge in [0.1, 0.15) is 11.7 Å². The number of aromatic nitrogens is 3. The van der Waals surface area contributed by atoms with E-state index in [1.165, 1.54) is 0 Å². The number of nitrogens with zero attached hydrogens (tertiary/aromatic N) is 3. The van der Waals surface area contributed by atoms with Gasteiger partial charge in [-0.25, -0.2) is 0 Å². The number of hydrogen-bond donors (Lipinski definition) is 1. The Kier molecular flexibility index (Phi) is 2.07. The molecule has 1 aliphatic heterocycles. The van der Waals surface area contributed by atoms with Crippen LogP contribution >= 0.6 is 15.9 Å². The Bertz CT molecular complexity index is 350. The summed E-state index contributed by atoms with van der Waals surface area (Å²) in [6.07, 6.45) is 1.51.